The van der Waals surface area contributed by atoms with Crippen molar-refractivity contribution in [2.45, 2.75) is 50.7 Å². The molecule has 0 saturated carbocycles. The van der Waals surface area contributed by atoms with Gasteiger partial charge in [0.25, 0.3) is 5.92 Å². The van der Waals surface area contributed by atoms with Crippen LogP contribution in [0.3, 0.4) is 0 Å². The molecule has 1 rings (SSSR count). The van der Waals surface area contributed by atoms with Crippen molar-refractivity contribution in [2.24, 2.45) is 0 Å². The summed E-state index contributed by atoms with van der Waals surface area (Å²) in [6.45, 7) is 6.17. The van der Waals surface area contributed by atoms with Gasteiger partial charge in [0.2, 0.25) is 0 Å². The highest BCUT2D eigenvalue weighted by atomic mass is 32.2. The smallest absolute Gasteiger partial charge is 0.298 e. The Hall–Kier alpha value is -0.760. The fourth-order valence-corrected chi connectivity index (χ4v) is 2.77. The minimum Gasteiger partial charge on any atom is -0.598 e. The molecular weight excluding hydrogens is 327 g/mol. The van der Waals surface area contributed by atoms with Crippen molar-refractivity contribution in [3.05, 3.63) is 35.1 Å². The Kier molecular flexibility index (Phi) is 6.95. The van der Waals surface area contributed by atoms with Crippen LogP contribution < -0.4 is 4.72 Å². The number of aliphatic hydroxyl groups excluding tert-OH is 1. The predicted molar refractivity (Wildman–Crippen MR) is 86.3 cm³/mol. The summed E-state index contributed by atoms with van der Waals surface area (Å²) in [5, 5.41) is 8.72. The molecule has 132 valence electrons. The van der Waals surface area contributed by atoms with Gasteiger partial charge in [-0.1, -0.05) is 19.1 Å². The second-order valence-corrected chi connectivity index (χ2v) is 8.59. The molecule has 0 aliphatic heterocycles. The predicted octanol–water partition coefficient (Wildman–Crippen LogP) is 3.46. The molecule has 0 amide bonds. The maximum absolute atomic E-state index is 14.3. The van der Waals surface area contributed by atoms with E-state index in [1.807, 2.05) is 20.8 Å². The lowest BCUT2D eigenvalue weighted by Crippen LogP contribution is -2.40. The van der Waals surface area contributed by atoms with Crippen LogP contribution in [0.4, 0.5) is 13.2 Å². The summed E-state index contributed by atoms with van der Waals surface area (Å²) in [6.07, 6.45) is 0.451. The molecule has 0 saturated heterocycles. The molecule has 0 bridgehead atoms. The van der Waals surface area contributed by atoms with E-state index in [4.69, 9.17) is 5.11 Å². The molecule has 0 spiro atoms. The average molecular weight is 351 g/mol. The van der Waals surface area contributed by atoms with Gasteiger partial charge in [-0.3, -0.25) is 0 Å². The van der Waals surface area contributed by atoms with Crippen molar-refractivity contribution in [2.75, 3.05) is 13.2 Å². The molecular formula is C16H24F3NO2S. The lowest BCUT2D eigenvalue weighted by molar-refractivity contribution is -0.0584. The first-order valence-corrected chi connectivity index (χ1v) is 8.58. The Labute approximate surface area is 138 Å². The molecule has 1 unspecified atom stereocenters. The van der Waals surface area contributed by atoms with Crippen LogP contribution in [-0.2, 0) is 17.3 Å². The van der Waals surface area contributed by atoms with Crippen LogP contribution in [0.5, 0.6) is 0 Å². The number of nitrogens with one attached hydrogen (secondary N) is 1. The fourth-order valence-electron chi connectivity index (χ4n) is 2.04. The Bertz CT molecular complexity index is 521. The highest BCUT2D eigenvalue weighted by Crippen LogP contribution is 2.33. The summed E-state index contributed by atoms with van der Waals surface area (Å²) in [7, 11) is 0. The van der Waals surface area contributed by atoms with E-state index in [0.717, 1.165) is 6.07 Å². The van der Waals surface area contributed by atoms with Gasteiger partial charge in [-0.05, 0) is 44.7 Å². The van der Waals surface area contributed by atoms with Crippen molar-refractivity contribution < 1.29 is 22.8 Å². The van der Waals surface area contributed by atoms with Gasteiger partial charge < -0.3 is 9.66 Å². The maximum Gasteiger partial charge on any atom is 0.298 e. The van der Waals surface area contributed by atoms with Gasteiger partial charge in [0.1, 0.15) is 17.2 Å². The summed E-state index contributed by atoms with van der Waals surface area (Å²) >= 11 is -1.23. The number of rotatable bonds is 7. The van der Waals surface area contributed by atoms with Gasteiger partial charge in [-0.2, -0.15) is 8.78 Å². The van der Waals surface area contributed by atoms with Gasteiger partial charge in [0, 0.05) is 17.9 Å². The van der Waals surface area contributed by atoms with Crippen LogP contribution in [-0.4, -0.2) is 27.6 Å². The summed E-state index contributed by atoms with van der Waals surface area (Å²) in [4.78, 5) is 0. The Morgan fingerprint density at radius 3 is 2.43 bits per heavy atom. The number of benzene rings is 1. The normalized spacial score (nSPS) is 15.5. The van der Waals surface area contributed by atoms with Crippen LogP contribution in [0.25, 0.3) is 0 Å². The van der Waals surface area contributed by atoms with Crippen LogP contribution in [0.2, 0.25) is 0 Å². The first-order chi connectivity index (χ1) is 10.5. The van der Waals surface area contributed by atoms with Crippen molar-refractivity contribution >= 4 is 11.4 Å². The number of hydrogen-bond donors (Lipinski definition) is 2. The molecule has 23 heavy (non-hydrogen) atoms. The molecule has 1 aromatic carbocycles. The maximum atomic E-state index is 14.3. The molecule has 0 aromatic heterocycles. The third-order valence-corrected chi connectivity index (χ3v) is 5.10. The number of aliphatic hydroxyl groups is 1. The third kappa shape index (κ3) is 5.38. The van der Waals surface area contributed by atoms with E-state index < -0.39 is 40.0 Å². The lowest BCUT2D eigenvalue weighted by Gasteiger charge is -2.24. The van der Waals surface area contributed by atoms with E-state index >= 15 is 0 Å². The molecule has 0 radical (unpaired) electrons. The van der Waals surface area contributed by atoms with E-state index in [9.17, 15) is 17.7 Å². The zero-order valence-electron chi connectivity index (χ0n) is 13.8. The highest BCUT2D eigenvalue weighted by molar-refractivity contribution is 7.90. The number of halogens is 3. The van der Waals surface area contributed by atoms with E-state index in [0.29, 0.717) is 13.0 Å². The quantitative estimate of drug-likeness (QED) is 0.740. The monoisotopic (exact) mass is 351 g/mol. The average Bonchev–Trinajstić information content (AvgIpc) is 2.45. The first kappa shape index (κ1) is 20.3. The van der Waals surface area contributed by atoms with E-state index in [2.05, 4.69) is 4.72 Å². The number of alkyl halides is 2. The second kappa shape index (κ2) is 7.88. The minimum atomic E-state index is -3.61. The summed E-state index contributed by atoms with van der Waals surface area (Å²) in [6, 6.07) is 3.79. The standard InChI is InChI=1S/C16H24F3NO2S/c1-11(8-9-20-23(22)15(2,3)4)12-6-5-7-13(14(12)17)16(18,19)10-21/h5-7,11,20-21H,8-10H2,1-4H3/t11?,23-/m1/s1. The lowest BCUT2D eigenvalue weighted by atomic mass is 9.94. The summed E-state index contributed by atoms with van der Waals surface area (Å²) in [5.41, 5.74) is -0.630. The molecule has 7 heteroatoms. The van der Waals surface area contributed by atoms with E-state index in [1.165, 1.54) is 12.1 Å². The molecule has 2 atom stereocenters. The van der Waals surface area contributed by atoms with Crippen molar-refractivity contribution in [1.29, 1.82) is 0 Å². The molecule has 3 nitrogen and oxygen atoms in total. The summed E-state index contributed by atoms with van der Waals surface area (Å²) in [5.74, 6) is -4.92. The Morgan fingerprint density at radius 1 is 1.30 bits per heavy atom. The Balaban J connectivity index is 2.78. The fraction of sp³-hybridized carbons (Fsp3) is 0.625. The van der Waals surface area contributed by atoms with Crippen LogP contribution in [0, 0.1) is 5.82 Å². The minimum absolute atomic E-state index is 0.166. The van der Waals surface area contributed by atoms with Crippen molar-refractivity contribution in [3.8, 4) is 0 Å². The van der Waals surface area contributed by atoms with Crippen LogP contribution in [0.1, 0.15) is 51.2 Å². The molecule has 0 fully saturated rings. The van der Waals surface area contributed by atoms with E-state index in [-0.39, 0.29) is 11.5 Å². The Morgan fingerprint density at radius 2 is 1.91 bits per heavy atom. The first-order valence-electron chi connectivity index (χ1n) is 7.43. The van der Waals surface area contributed by atoms with E-state index in [1.54, 1.807) is 6.92 Å². The van der Waals surface area contributed by atoms with Gasteiger partial charge in [0.05, 0.1) is 5.56 Å². The zero-order valence-corrected chi connectivity index (χ0v) is 14.6. The van der Waals surface area contributed by atoms with Crippen LogP contribution >= 0.6 is 0 Å². The second-order valence-electron chi connectivity index (χ2n) is 6.54. The van der Waals surface area contributed by atoms with Crippen molar-refractivity contribution in [1.82, 2.24) is 4.72 Å². The van der Waals surface area contributed by atoms with Crippen molar-refractivity contribution in [3.63, 3.8) is 0 Å². The van der Waals surface area contributed by atoms with Gasteiger partial charge in [-0.15, -0.1) is 4.72 Å². The van der Waals surface area contributed by atoms with Gasteiger partial charge in [0.15, 0.2) is 0 Å². The third-order valence-electron chi connectivity index (χ3n) is 3.52. The SMILES string of the molecule is CC(CCN[S@+]([O-])C(C)(C)C)c1cccc(C(F)(F)CO)c1F. The summed E-state index contributed by atoms with van der Waals surface area (Å²) < 4.78 is 55.7. The molecule has 0 heterocycles. The molecule has 0 aliphatic rings. The highest BCUT2D eigenvalue weighted by Gasteiger charge is 2.35. The van der Waals surface area contributed by atoms with Gasteiger partial charge in [-0.25, -0.2) is 4.39 Å². The zero-order chi connectivity index (χ0) is 17.8. The van der Waals surface area contributed by atoms with Gasteiger partial charge >= 0.3 is 0 Å². The largest absolute Gasteiger partial charge is 0.598 e. The topological polar surface area (TPSA) is 55.3 Å². The molecule has 2 N–H and O–H groups in total. The molecule has 1 aromatic rings. The van der Waals surface area contributed by atoms with Crippen LogP contribution in [0.15, 0.2) is 18.2 Å². The molecule has 0 aliphatic carbocycles. The number of hydrogen-bond acceptors (Lipinski definition) is 3.